The van der Waals surface area contributed by atoms with E-state index in [0.717, 1.165) is 60.6 Å². The molecular weight excluding hydrogens is 382 g/mol. The molecule has 0 amide bonds. The number of hydrogen-bond donors (Lipinski definition) is 2. The predicted molar refractivity (Wildman–Crippen MR) is 115 cm³/mol. The molecule has 2 N–H and O–H groups in total. The molecule has 1 fully saturated rings. The van der Waals surface area contributed by atoms with Crippen LogP contribution >= 0.6 is 0 Å². The highest BCUT2D eigenvalue weighted by Crippen LogP contribution is 2.25. The van der Waals surface area contributed by atoms with Crippen LogP contribution in [0, 0.1) is 0 Å². The minimum Gasteiger partial charge on any atom is -0.375 e. The summed E-state index contributed by atoms with van der Waals surface area (Å²) >= 11 is 0. The minimum atomic E-state index is -0.157. The van der Waals surface area contributed by atoms with E-state index in [0.29, 0.717) is 18.2 Å². The van der Waals surface area contributed by atoms with Crippen molar-refractivity contribution in [1.29, 1.82) is 0 Å². The first-order valence-electron chi connectivity index (χ1n) is 10.3. The molecule has 9 heteroatoms. The van der Waals surface area contributed by atoms with Gasteiger partial charge >= 0.3 is 0 Å². The van der Waals surface area contributed by atoms with Gasteiger partial charge in [-0.1, -0.05) is 0 Å². The summed E-state index contributed by atoms with van der Waals surface area (Å²) in [6.07, 6.45) is 4.53. The maximum atomic E-state index is 12.6. The number of nitrogens with zero attached hydrogens (tertiary/aromatic N) is 5. The number of anilines is 3. The number of ether oxygens (including phenoxy) is 1. The second-order valence-corrected chi connectivity index (χ2v) is 8.02. The Morgan fingerprint density at radius 1 is 1.30 bits per heavy atom. The van der Waals surface area contributed by atoms with E-state index in [-0.39, 0.29) is 11.7 Å². The first-order valence-corrected chi connectivity index (χ1v) is 10.3. The zero-order valence-corrected chi connectivity index (χ0v) is 17.2. The molecule has 2 aliphatic rings. The fraction of sp³-hybridized carbons (Fsp3) is 0.429. The summed E-state index contributed by atoms with van der Waals surface area (Å²) in [5.74, 6) is 1.20. The highest BCUT2D eigenvalue weighted by Gasteiger charge is 2.21. The lowest BCUT2D eigenvalue weighted by molar-refractivity contribution is 0.0530. The second kappa shape index (κ2) is 7.66. The number of pyridine rings is 2. The van der Waals surface area contributed by atoms with E-state index in [1.54, 1.807) is 12.4 Å². The van der Waals surface area contributed by atoms with Crippen molar-refractivity contribution in [3.8, 4) is 0 Å². The maximum absolute atomic E-state index is 12.6. The lowest BCUT2D eigenvalue weighted by Crippen LogP contribution is -2.41. The van der Waals surface area contributed by atoms with E-state index in [9.17, 15) is 4.79 Å². The van der Waals surface area contributed by atoms with E-state index >= 15 is 0 Å². The van der Waals surface area contributed by atoms with Gasteiger partial charge in [-0.2, -0.15) is 0 Å². The summed E-state index contributed by atoms with van der Waals surface area (Å²) in [4.78, 5) is 33.7. The summed E-state index contributed by atoms with van der Waals surface area (Å²) in [5, 5.41) is 4.02. The molecule has 5 rings (SSSR count). The SMILES string of the molecule is C[C@@H]1CN(c2nccc3cnc(Nc4cc5c([nH]c4=O)CCN(C)C5)nc23)CCO1. The molecule has 5 heterocycles. The van der Waals surface area contributed by atoms with Gasteiger partial charge in [0.15, 0.2) is 5.82 Å². The van der Waals surface area contributed by atoms with Gasteiger partial charge in [-0.3, -0.25) is 4.79 Å². The maximum Gasteiger partial charge on any atom is 0.271 e. The van der Waals surface area contributed by atoms with Crippen LogP contribution in [0.25, 0.3) is 10.9 Å². The normalized spacial score (nSPS) is 19.7. The fourth-order valence-corrected chi connectivity index (χ4v) is 4.11. The summed E-state index contributed by atoms with van der Waals surface area (Å²) in [6, 6.07) is 3.80. The van der Waals surface area contributed by atoms with Gasteiger partial charge in [-0.25, -0.2) is 15.0 Å². The number of aromatic amines is 1. The topological polar surface area (TPSA) is 99.3 Å². The van der Waals surface area contributed by atoms with Gasteiger partial charge < -0.3 is 24.8 Å². The highest BCUT2D eigenvalue weighted by atomic mass is 16.5. The molecule has 2 aliphatic heterocycles. The molecule has 0 aliphatic carbocycles. The Morgan fingerprint density at radius 2 is 2.20 bits per heavy atom. The van der Waals surface area contributed by atoms with Crippen molar-refractivity contribution in [3.05, 3.63) is 46.1 Å². The lowest BCUT2D eigenvalue weighted by atomic mass is 10.1. The summed E-state index contributed by atoms with van der Waals surface area (Å²) in [7, 11) is 2.08. The van der Waals surface area contributed by atoms with E-state index in [1.165, 1.54) is 0 Å². The van der Waals surface area contributed by atoms with Crippen LogP contribution in [0.2, 0.25) is 0 Å². The number of rotatable bonds is 3. The quantitative estimate of drug-likeness (QED) is 0.677. The van der Waals surface area contributed by atoms with Gasteiger partial charge in [0.25, 0.3) is 5.56 Å². The Labute approximate surface area is 174 Å². The van der Waals surface area contributed by atoms with Crippen molar-refractivity contribution in [2.75, 3.05) is 43.5 Å². The van der Waals surface area contributed by atoms with Crippen LogP contribution in [0.15, 0.2) is 29.3 Å². The van der Waals surface area contributed by atoms with Crippen LogP contribution in [-0.4, -0.2) is 64.2 Å². The molecule has 9 nitrogen and oxygen atoms in total. The summed E-state index contributed by atoms with van der Waals surface area (Å²) < 4.78 is 5.65. The van der Waals surface area contributed by atoms with E-state index in [1.807, 2.05) is 12.1 Å². The number of likely N-dealkylation sites (N-methyl/N-ethyl adjacent to an activating group) is 1. The molecule has 3 aromatic heterocycles. The van der Waals surface area contributed by atoms with Gasteiger partial charge in [0.05, 0.1) is 12.7 Å². The predicted octanol–water partition coefficient (Wildman–Crippen LogP) is 1.67. The van der Waals surface area contributed by atoms with Gasteiger partial charge in [0.2, 0.25) is 5.95 Å². The first-order chi connectivity index (χ1) is 14.6. The summed E-state index contributed by atoms with van der Waals surface area (Å²) in [6.45, 7) is 5.99. The average molecular weight is 407 g/mol. The third-order valence-corrected chi connectivity index (χ3v) is 5.67. The molecule has 0 saturated carbocycles. The Bertz CT molecular complexity index is 1150. The fourth-order valence-electron chi connectivity index (χ4n) is 4.11. The van der Waals surface area contributed by atoms with Gasteiger partial charge in [-0.05, 0) is 31.7 Å². The highest BCUT2D eigenvalue weighted by molar-refractivity contribution is 5.89. The van der Waals surface area contributed by atoms with Crippen molar-refractivity contribution in [3.63, 3.8) is 0 Å². The van der Waals surface area contributed by atoms with Crippen LogP contribution in [-0.2, 0) is 17.7 Å². The summed E-state index contributed by atoms with van der Waals surface area (Å²) in [5.41, 5.74) is 3.19. The number of morpholine rings is 1. The van der Waals surface area contributed by atoms with Gasteiger partial charge in [0, 0.05) is 56.1 Å². The van der Waals surface area contributed by atoms with Crippen molar-refractivity contribution >= 4 is 28.4 Å². The number of hydrogen-bond acceptors (Lipinski definition) is 8. The van der Waals surface area contributed by atoms with E-state index < -0.39 is 0 Å². The minimum absolute atomic E-state index is 0.141. The first kappa shape index (κ1) is 19.0. The largest absolute Gasteiger partial charge is 0.375 e. The van der Waals surface area contributed by atoms with Crippen molar-refractivity contribution in [2.24, 2.45) is 0 Å². The molecule has 156 valence electrons. The number of fused-ring (bicyclic) bond motifs is 2. The molecule has 0 bridgehead atoms. The molecular formula is C21H25N7O2. The van der Waals surface area contributed by atoms with Gasteiger partial charge in [0.1, 0.15) is 11.2 Å². The Hall–Kier alpha value is -3.04. The number of H-pyrrole nitrogens is 1. The Kier molecular flexibility index (Phi) is 4.84. The van der Waals surface area contributed by atoms with E-state index in [2.05, 4.69) is 44.0 Å². The third kappa shape index (κ3) is 3.61. The van der Waals surface area contributed by atoms with Crippen molar-refractivity contribution < 1.29 is 4.74 Å². The zero-order valence-electron chi connectivity index (χ0n) is 17.2. The Morgan fingerprint density at radius 3 is 3.07 bits per heavy atom. The third-order valence-electron chi connectivity index (χ3n) is 5.67. The number of aromatic nitrogens is 4. The molecule has 0 spiro atoms. The average Bonchev–Trinajstić information content (AvgIpc) is 2.74. The molecule has 1 saturated heterocycles. The monoisotopic (exact) mass is 407 g/mol. The van der Waals surface area contributed by atoms with Crippen LogP contribution < -0.4 is 15.8 Å². The van der Waals surface area contributed by atoms with Crippen LogP contribution in [0.1, 0.15) is 18.2 Å². The van der Waals surface area contributed by atoms with Crippen molar-refractivity contribution in [2.45, 2.75) is 26.0 Å². The van der Waals surface area contributed by atoms with Crippen LogP contribution in [0.3, 0.4) is 0 Å². The molecule has 30 heavy (non-hydrogen) atoms. The Balaban J connectivity index is 1.49. The molecule has 0 aromatic carbocycles. The molecule has 0 unspecified atom stereocenters. The second-order valence-electron chi connectivity index (χ2n) is 8.02. The molecule has 3 aromatic rings. The zero-order chi connectivity index (χ0) is 20.7. The van der Waals surface area contributed by atoms with Gasteiger partial charge in [-0.15, -0.1) is 0 Å². The van der Waals surface area contributed by atoms with E-state index in [4.69, 9.17) is 9.72 Å². The van der Waals surface area contributed by atoms with Crippen molar-refractivity contribution in [1.82, 2.24) is 24.8 Å². The van der Waals surface area contributed by atoms with Crippen LogP contribution in [0.5, 0.6) is 0 Å². The number of nitrogens with one attached hydrogen (secondary N) is 2. The molecule has 1 atom stereocenters. The molecule has 0 radical (unpaired) electrons. The lowest BCUT2D eigenvalue weighted by Gasteiger charge is -2.32. The smallest absolute Gasteiger partial charge is 0.271 e. The standard InChI is InChI=1S/C21H25N7O2/c1-13-11-28(7-8-30-13)19-18-14(3-5-22-19)10-23-21(26-18)25-17-9-15-12-27(2)6-4-16(15)24-20(17)29/h3,5,9-10,13H,4,6-8,11-12H2,1-2H3,(H,24,29)(H,23,25,26)/t13-/m1/s1. The van der Waals surface area contributed by atoms with Crippen LogP contribution in [0.4, 0.5) is 17.5 Å².